The van der Waals surface area contributed by atoms with Crippen LogP contribution in [0.1, 0.15) is 39.5 Å². The zero-order valence-corrected chi connectivity index (χ0v) is 11.0. The van der Waals surface area contributed by atoms with Gasteiger partial charge < -0.3 is 10.0 Å². The van der Waals surface area contributed by atoms with Gasteiger partial charge in [0.25, 0.3) is 0 Å². The number of fused-ring (bicyclic) bond motifs is 1. The van der Waals surface area contributed by atoms with Crippen molar-refractivity contribution in [3.63, 3.8) is 0 Å². The summed E-state index contributed by atoms with van der Waals surface area (Å²) >= 11 is 0. The van der Waals surface area contributed by atoms with E-state index in [1.807, 2.05) is 0 Å². The van der Waals surface area contributed by atoms with Crippen molar-refractivity contribution >= 4 is 5.97 Å². The molecule has 0 radical (unpaired) electrons. The van der Waals surface area contributed by atoms with Gasteiger partial charge in [0.2, 0.25) is 0 Å². The Morgan fingerprint density at radius 1 is 1.41 bits per heavy atom. The predicted molar refractivity (Wildman–Crippen MR) is 67.1 cm³/mol. The number of carbonyl (C=O) groups is 1. The fraction of sp³-hybridized carbons (Fsp3) is 0.923. The van der Waals surface area contributed by atoms with E-state index in [2.05, 4.69) is 23.6 Å². The van der Waals surface area contributed by atoms with Gasteiger partial charge in [-0.25, -0.2) is 0 Å². The van der Waals surface area contributed by atoms with E-state index >= 15 is 0 Å². The molecule has 2 saturated heterocycles. The van der Waals surface area contributed by atoms with Gasteiger partial charge in [0.15, 0.2) is 0 Å². The highest BCUT2D eigenvalue weighted by atomic mass is 16.4. The van der Waals surface area contributed by atoms with Gasteiger partial charge in [-0.15, -0.1) is 0 Å². The molecule has 2 aliphatic rings. The summed E-state index contributed by atoms with van der Waals surface area (Å²) < 4.78 is 0. The van der Waals surface area contributed by atoms with E-state index in [9.17, 15) is 9.90 Å². The minimum Gasteiger partial charge on any atom is -0.480 e. The lowest BCUT2D eigenvalue weighted by Crippen LogP contribution is -2.61. The molecule has 17 heavy (non-hydrogen) atoms. The Morgan fingerprint density at radius 2 is 2.12 bits per heavy atom. The molecule has 2 unspecified atom stereocenters. The maximum atomic E-state index is 11.8. The van der Waals surface area contributed by atoms with E-state index in [1.165, 1.54) is 19.4 Å². The van der Waals surface area contributed by atoms with Crippen LogP contribution >= 0.6 is 0 Å². The SMILES string of the molecule is CCN(CC)C1(C(=O)O)CCN2CCCC2C1. The van der Waals surface area contributed by atoms with Crippen LogP contribution in [0.25, 0.3) is 0 Å². The first-order valence-corrected chi connectivity index (χ1v) is 6.86. The summed E-state index contributed by atoms with van der Waals surface area (Å²) in [5, 5.41) is 9.68. The first kappa shape index (κ1) is 12.8. The van der Waals surface area contributed by atoms with E-state index in [0.29, 0.717) is 6.04 Å². The van der Waals surface area contributed by atoms with Crippen LogP contribution in [-0.4, -0.2) is 58.6 Å². The molecular formula is C13H24N2O2. The van der Waals surface area contributed by atoms with Crippen molar-refractivity contribution in [2.45, 2.75) is 51.1 Å². The number of carboxylic acids is 1. The van der Waals surface area contributed by atoms with Gasteiger partial charge in [-0.2, -0.15) is 0 Å². The standard InChI is InChI=1S/C13H24N2O2/c1-3-15(4-2)13(12(16)17)7-9-14-8-5-6-11(14)10-13/h11H,3-10H2,1-2H3,(H,16,17). The number of rotatable bonds is 4. The Balaban J connectivity index is 2.20. The Hall–Kier alpha value is -0.610. The van der Waals surface area contributed by atoms with E-state index in [4.69, 9.17) is 0 Å². The Kier molecular flexibility index (Phi) is 3.73. The molecular weight excluding hydrogens is 216 g/mol. The molecule has 0 aromatic carbocycles. The first-order chi connectivity index (χ1) is 8.14. The Morgan fingerprint density at radius 3 is 2.71 bits per heavy atom. The average molecular weight is 240 g/mol. The minimum atomic E-state index is -0.618. The lowest BCUT2D eigenvalue weighted by molar-refractivity contribution is -0.156. The quantitative estimate of drug-likeness (QED) is 0.807. The second-order valence-electron chi connectivity index (χ2n) is 5.30. The zero-order chi connectivity index (χ0) is 12.5. The van der Waals surface area contributed by atoms with Crippen molar-refractivity contribution in [2.24, 2.45) is 0 Å². The molecule has 0 saturated carbocycles. The number of carboxylic acid groups (broad SMARTS) is 1. The smallest absolute Gasteiger partial charge is 0.324 e. The number of likely N-dealkylation sites (N-methyl/N-ethyl adjacent to an activating group) is 1. The normalized spacial score (nSPS) is 33.9. The molecule has 2 heterocycles. The minimum absolute atomic E-state index is 0.500. The zero-order valence-electron chi connectivity index (χ0n) is 11.0. The van der Waals surface area contributed by atoms with Crippen LogP contribution in [0.2, 0.25) is 0 Å². The summed E-state index contributed by atoms with van der Waals surface area (Å²) in [7, 11) is 0. The molecule has 2 atom stereocenters. The van der Waals surface area contributed by atoms with E-state index in [1.54, 1.807) is 0 Å². The fourth-order valence-electron chi connectivity index (χ4n) is 3.69. The van der Waals surface area contributed by atoms with Crippen LogP contribution in [0, 0.1) is 0 Å². The molecule has 4 heteroatoms. The lowest BCUT2D eigenvalue weighted by atomic mass is 9.81. The van der Waals surface area contributed by atoms with Crippen LogP contribution in [-0.2, 0) is 4.79 Å². The van der Waals surface area contributed by atoms with Gasteiger partial charge in [0.05, 0.1) is 0 Å². The monoisotopic (exact) mass is 240 g/mol. The van der Waals surface area contributed by atoms with Crippen LogP contribution < -0.4 is 0 Å². The van der Waals surface area contributed by atoms with Crippen LogP contribution in [0.3, 0.4) is 0 Å². The summed E-state index contributed by atoms with van der Waals surface area (Å²) in [6, 6.07) is 0.500. The molecule has 2 fully saturated rings. The van der Waals surface area contributed by atoms with Gasteiger partial charge in [0.1, 0.15) is 5.54 Å². The third-order valence-corrected chi connectivity index (χ3v) is 4.65. The van der Waals surface area contributed by atoms with Crippen LogP contribution in [0.5, 0.6) is 0 Å². The fourth-order valence-corrected chi connectivity index (χ4v) is 3.69. The molecule has 0 bridgehead atoms. The summed E-state index contributed by atoms with van der Waals surface area (Å²) in [4.78, 5) is 16.4. The predicted octanol–water partition coefficient (Wildman–Crippen LogP) is 1.41. The summed E-state index contributed by atoms with van der Waals surface area (Å²) in [5.41, 5.74) is -0.602. The molecule has 0 spiro atoms. The average Bonchev–Trinajstić information content (AvgIpc) is 2.77. The second-order valence-corrected chi connectivity index (χ2v) is 5.30. The molecule has 0 amide bonds. The molecule has 4 nitrogen and oxygen atoms in total. The second kappa shape index (κ2) is 4.94. The van der Waals surface area contributed by atoms with Crippen LogP contribution in [0.4, 0.5) is 0 Å². The maximum Gasteiger partial charge on any atom is 0.324 e. The number of piperidine rings is 1. The topological polar surface area (TPSA) is 43.8 Å². The number of aliphatic carboxylic acids is 1. The first-order valence-electron chi connectivity index (χ1n) is 6.86. The molecule has 0 aliphatic carbocycles. The van der Waals surface area contributed by atoms with Crippen molar-refractivity contribution in [1.29, 1.82) is 0 Å². The molecule has 2 rings (SSSR count). The largest absolute Gasteiger partial charge is 0.480 e. The molecule has 2 aliphatic heterocycles. The molecule has 0 aromatic rings. The van der Waals surface area contributed by atoms with Crippen molar-refractivity contribution in [3.05, 3.63) is 0 Å². The van der Waals surface area contributed by atoms with Gasteiger partial charge >= 0.3 is 5.97 Å². The summed E-state index contributed by atoms with van der Waals surface area (Å²) in [5.74, 6) is -0.618. The third-order valence-electron chi connectivity index (χ3n) is 4.65. The van der Waals surface area contributed by atoms with Gasteiger partial charge in [-0.05, 0) is 45.3 Å². The highest BCUT2D eigenvalue weighted by Crippen LogP contribution is 2.37. The number of hydrogen-bond acceptors (Lipinski definition) is 3. The lowest BCUT2D eigenvalue weighted by Gasteiger charge is -2.47. The van der Waals surface area contributed by atoms with Gasteiger partial charge in [0, 0.05) is 12.6 Å². The van der Waals surface area contributed by atoms with Gasteiger partial charge in [-0.1, -0.05) is 13.8 Å². The third kappa shape index (κ3) is 2.08. The molecule has 0 aromatic heterocycles. The molecule has 98 valence electrons. The van der Waals surface area contributed by atoms with Crippen molar-refractivity contribution < 1.29 is 9.90 Å². The van der Waals surface area contributed by atoms with E-state index in [-0.39, 0.29) is 0 Å². The van der Waals surface area contributed by atoms with E-state index in [0.717, 1.165) is 32.5 Å². The van der Waals surface area contributed by atoms with Crippen molar-refractivity contribution in [1.82, 2.24) is 9.80 Å². The maximum absolute atomic E-state index is 11.8. The highest BCUT2D eigenvalue weighted by Gasteiger charge is 2.49. The Bertz CT molecular complexity index is 291. The summed E-state index contributed by atoms with van der Waals surface area (Å²) in [6.07, 6.45) is 4.00. The molecule has 1 N–H and O–H groups in total. The number of hydrogen-bond donors (Lipinski definition) is 1. The highest BCUT2D eigenvalue weighted by molar-refractivity contribution is 5.79. The van der Waals surface area contributed by atoms with Crippen molar-refractivity contribution in [3.8, 4) is 0 Å². The van der Waals surface area contributed by atoms with Crippen molar-refractivity contribution in [2.75, 3.05) is 26.2 Å². The van der Waals surface area contributed by atoms with Crippen LogP contribution in [0.15, 0.2) is 0 Å². The summed E-state index contributed by atoms with van der Waals surface area (Å²) in [6.45, 7) is 7.90. The number of nitrogens with zero attached hydrogens (tertiary/aromatic N) is 2. The van der Waals surface area contributed by atoms with E-state index < -0.39 is 11.5 Å². The van der Waals surface area contributed by atoms with Gasteiger partial charge in [-0.3, -0.25) is 9.69 Å². The Labute approximate surface area is 104 Å².